The molecular formula is C17H9BrF4N4O. The molecule has 0 amide bonds. The normalized spacial score (nSPS) is 11.9. The molecule has 0 aliphatic heterocycles. The third-order valence-electron chi connectivity index (χ3n) is 3.72. The van der Waals surface area contributed by atoms with Gasteiger partial charge >= 0.3 is 6.36 Å². The monoisotopic (exact) mass is 440 g/mol. The Kier molecular flexibility index (Phi) is 4.14. The van der Waals surface area contributed by atoms with Crippen molar-refractivity contribution in [1.29, 1.82) is 0 Å². The third-order valence-corrected chi connectivity index (χ3v) is 4.34. The average molecular weight is 441 g/mol. The molecule has 4 rings (SSSR count). The molecule has 0 radical (unpaired) electrons. The van der Waals surface area contributed by atoms with Gasteiger partial charge in [-0.2, -0.15) is 0 Å². The quantitative estimate of drug-likeness (QED) is 0.431. The van der Waals surface area contributed by atoms with E-state index in [0.717, 1.165) is 0 Å². The van der Waals surface area contributed by atoms with E-state index < -0.39 is 12.2 Å². The molecule has 0 saturated carbocycles. The highest BCUT2D eigenvalue weighted by atomic mass is 79.9. The van der Waals surface area contributed by atoms with E-state index in [0.29, 0.717) is 27.1 Å². The fourth-order valence-electron chi connectivity index (χ4n) is 2.64. The van der Waals surface area contributed by atoms with Crippen LogP contribution < -0.4 is 10.1 Å². The number of ether oxygens (including phenoxy) is 1. The molecule has 138 valence electrons. The fraction of sp³-hybridized carbons (Fsp3) is 0.0588. The summed E-state index contributed by atoms with van der Waals surface area (Å²) in [4.78, 5) is 8.57. The number of halogens is 5. The van der Waals surface area contributed by atoms with Crippen LogP contribution in [0.3, 0.4) is 0 Å². The number of hydrogen-bond acceptors (Lipinski definition) is 4. The zero-order chi connectivity index (χ0) is 19.2. The topological polar surface area (TPSA) is 51.5 Å². The average Bonchev–Trinajstić information content (AvgIpc) is 3.08. The molecule has 0 bridgehead atoms. The molecule has 1 N–H and O–H groups in total. The van der Waals surface area contributed by atoms with E-state index in [1.807, 2.05) is 0 Å². The van der Waals surface area contributed by atoms with Crippen molar-refractivity contribution in [2.24, 2.45) is 0 Å². The standard InChI is InChI=1S/C17H9BrF4N4O/c18-11-5-6-12-14(13(11)19)26-8-7-23-16(26)15(25-12)24-9-1-3-10(4-2-9)27-17(20,21)22/h1-8H,(H,24,25). The number of fused-ring (bicyclic) bond motifs is 3. The van der Waals surface area contributed by atoms with Crippen molar-refractivity contribution in [2.75, 3.05) is 5.32 Å². The van der Waals surface area contributed by atoms with Crippen LogP contribution >= 0.6 is 15.9 Å². The summed E-state index contributed by atoms with van der Waals surface area (Å²) < 4.78 is 56.9. The molecule has 0 aliphatic rings. The summed E-state index contributed by atoms with van der Waals surface area (Å²) in [6.45, 7) is 0. The van der Waals surface area contributed by atoms with Crippen LogP contribution in [0.1, 0.15) is 0 Å². The Labute approximate surface area is 157 Å². The number of aromatic nitrogens is 3. The van der Waals surface area contributed by atoms with E-state index in [1.54, 1.807) is 22.7 Å². The lowest BCUT2D eigenvalue weighted by Gasteiger charge is -2.12. The van der Waals surface area contributed by atoms with Crippen molar-refractivity contribution < 1.29 is 22.3 Å². The largest absolute Gasteiger partial charge is 0.573 e. The highest BCUT2D eigenvalue weighted by Gasteiger charge is 2.31. The van der Waals surface area contributed by atoms with Gasteiger partial charge in [0, 0.05) is 18.1 Å². The molecule has 2 heterocycles. The van der Waals surface area contributed by atoms with Gasteiger partial charge in [-0.3, -0.25) is 4.40 Å². The fourth-order valence-corrected chi connectivity index (χ4v) is 2.96. The van der Waals surface area contributed by atoms with Gasteiger partial charge in [-0.05, 0) is 52.3 Å². The summed E-state index contributed by atoms with van der Waals surface area (Å²) in [5, 5.41) is 2.98. The Hall–Kier alpha value is -2.88. The lowest BCUT2D eigenvalue weighted by molar-refractivity contribution is -0.274. The first kappa shape index (κ1) is 17.5. The van der Waals surface area contributed by atoms with Crippen molar-refractivity contribution in [2.45, 2.75) is 6.36 Å². The van der Waals surface area contributed by atoms with Crippen LogP contribution in [0.2, 0.25) is 0 Å². The second kappa shape index (κ2) is 6.38. The first-order chi connectivity index (χ1) is 12.8. The minimum Gasteiger partial charge on any atom is -0.406 e. The Balaban J connectivity index is 1.74. The maximum atomic E-state index is 14.5. The highest BCUT2D eigenvalue weighted by molar-refractivity contribution is 9.10. The molecule has 0 aliphatic carbocycles. The second-order valence-electron chi connectivity index (χ2n) is 5.51. The second-order valence-corrected chi connectivity index (χ2v) is 6.36. The Morgan fingerprint density at radius 3 is 2.52 bits per heavy atom. The van der Waals surface area contributed by atoms with Crippen molar-refractivity contribution in [1.82, 2.24) is 14.4 Å². The van der Waals surface area contributed by atoms with E-state index in [-0.39, 0.29) is 11.3 Å². The Bertz CT molecular complexity index is 1140. The maximum absolute atomic E-state index is 14.5. The number of benzene rings is 2. The lowest BCUT2D eigenvalue weighted by atomic mass is 10.2. The van der Waals surface area contributed by atoms with Gasteiger partial charge in [-0.25, -0.2) is 14.4 Å². The van der Waals surface area contributed by atoms with Crippen molar-refractivity contribution in [3.63, 3.8) is 0 Å². The first-order valence-corrected chi connectivity index (χ1v) is 8.35. The molecule has 0 fully saturated rings. The Morgan fingerprint density at radius 1 is 1.07 bits per heavy atom. The lowest BCUT2D eigenvalue weighted by Crippen LogP contribution is -2.17. The third kappa shape index (κ3) is 3.39. The molecule has 10 heteroatoms. The predicted molar refractivity (Wildman–Crippen MR) is 94.6 cm³/mol. The summed E-state index contributed by atoms with van der Waals surface area (Å²) in [6, 6.07) is 8.36. The number of hydrogen-bond donors (Lipinski definition) is 1. The Morgan fingerprint density at radius 2 is 1.81 bits per heavy atom. The van der Waals surface area contributed by atoms with Crippen molar-refractivity contribution in [3.05, 3.63) is 59.1 Å². The summed E-state index contributed by atoms with van der Waals surface area (Å²) in [7, 11) is 0. The zero-order valence-electron chi connectivity index (χ0n) is 13.3. The van der Waals surface area contributed by atoms with Crippen LogP contribution in [-0.4, -0.2) is 20.7 Å². The van der Waals surface area contributed by atoms with Crippen LogP contribution in [-0.2, 0) is 0 Å². The minimum atomic E-state index is -4.75. The van der Waals surface area contributed by atoms with Crippen molar-refractivity contribution in [3.8, 4) is 5.75 Å². The number of alkyl halides is 3. The SMILES string of the molecule is Fc1c(Br)ccc2nc(Nc3ccc(OC(F)(F)F)cc3)c3nccn3c12. The molecular weight excluding hydrogens is 432 g/mol. The smallest absolute Gasteiger partial charge is 0.406 e. The van der Waals surface area contributed by atoms with E-state index in [2.05, 4.69) is 36.0 Å². The van der Waals surface area contributed by atoms with E-state index in [1.165, 1.54) is 30.5 Å². The van der Waals surface area contributed by atoms with Gasteiger partial charge in [-0.1, -0.05) is 0 Å². The highest BCUT2D eigenvalue weighted by Crippen LogP contribution is 2.29. The number of rotatable bonds is 3. The predicted octanol–water partition coefficient (Wildman–Crippen LogP) is 5.43. The molecule has 0 spiro atoms. The number of imidazole rings is 1. The van der Waals surface area contributed by atoms with E-state index in [4.69, 9.17) is 0 Å². The summed E-state index contributed by atoms with van der Waals surface area (Å²) in [6.07, 6.45) is -1.65. The van der Waals surface area contributed by atoms with E-state index >= 15 is 0 Å². The summed E-state index contributed by atoms with van der Waals surface area (Å²) in [5.41, 5.74) is 1.49. The van der Waals surface area contributed by atoms with Gasteiger partial charge in [0.05, 0.1) is 9.99 Å². The maximum Gasteiger partial charge on any atom is 0.573 e. The number of nitrogens with zero attached hydrogens (tertiary/aromatic N) is 3. The van der Waals surface area contributed by atoms with E-state index in [9.17, 15) is 17.6 Å². The molecule has 0 unspecified atom stereocenters. The molecule has 2 aromatic heterocycles. The molecule has 0 saturated heterocycles. The summed E-state index contributed by atoms with van der Waals surface area (Å²) in [5.74, 6) is -0.473. The molecule has 4 aromatic rings. The van der Waals surface area contributed by atoms with Gasteiger partial charge in [0.15, 0.2) is 17.3 Å². The molecule has 0 atom stereocenters. The van der Waals surface area contributed by atoms with Gasteiger partial charge in [0.1, 0.15) is 11.3 Å². The molecule has 5 nitrogen and oxygen atoms in total. The van der Waals surface area contributed by atoms with Crippen molar-refractivity contribution >= 4 is 44.1 Å². The zero-order valence-corrected chi connectivity index (χ0v) is 14.8. The van der Waals surface area contributed by atoms with Crippen LogP contribution in [0.25, 0.3) is 16.7 Å². The van der Waals surface area contributed by atoms with Crippen LogP contribution in [0.5, 0.6) is 5.75 Å². The van der Waals surface area contributed by atoms with Gasteiger partial charge in [0.2, 0.25) is 0 Å². The number of nitrogens with one attached hydrogen (secondary N) is 1. The van der Waals surface area contributed by atoms with Gasteiger partial charge in [0.25, 0.3) is 0 Å². The minimum absolute atomic E-state index is 0.261. The first-order valence-electron chi connectivity index (χ1n) is 7.55. The van der Waals surface area contributed by atoms with Gasteiger partial charge < -0.3 is 10.1 Å². The summed E-state index contributed by atoms with van der Waals surface area (Å²) >= 11 is 3.15. The number of anilines is 2. The van der Waals surface area contributed by atoms with Crippen LogP contribution in [0, 0.1) is 5.82 Å². The molecule has 2 aromatic carbocycles. The molecule has 27 heavy (non-hydrogen) atoms. The van der Waals surface area contributed by atoms with Crippen LogP contribution in [0.15, 0.2) is 53.3 Å². The van der Waals surface area contributed by atoms with Gasteiger partial charge in [-0.15, -0.1) is 13.2 Å². The van der Waals surface area contributed by atoms with Crippen LogP contribution in [0.4, 0.5) is 29.1 Å².